The molecule has 0 spiro atoms. The van der Waals surface area contributed by atoms with E-state index in [4.69, 9.17) is 4.74 Å². The van der Waals surface area contributed by atoms with Crippen molar-refractivity contribution in [1.82, 2.24) is 15.4 Å². The van der Waals surface area contributed by atoms with Crippen molar-refractivity contribution in [3.05, 3.63) is 108 Å². The van der Waals surface area contributed by atoms with Gasteiger partial charge in [0.05, 0.1) is 23.3 Å². The highest BCUT2D eigenvalue weighted by molar-refractivity contribution is 7.91. The highest BCUT2D eigenvalue weighted by atomic mass is 32.2. The van der Waals surface area contributed by atoms with E-state index in [1.807, 2.05) is 0 Å². The molecule has 1 aromatic heterocycles. The van der Waals surface area contributed by atoms with Gasteiger partial charge in [0.2, 0.25) is 15.7 Å². The van der Waals surface area contributed by atoms with Crippen molar-refractivity contribution in [3.8, 4) is 5.75 Å². The summed E-state index contributed by atoms with van der Waals surface area (Å²) >= 11 is 0. The number of nitrogens with one attached hydrogen (secondary N) is 2. The van der Waals surface area contributed by atoms with Crippen molar-refractivity contribution in [1.29, 1.82) is 0 Å². The lowest BCUT2D eigenvalue weighted by atomic mass is 10.0. The fraction of sp³-hybridized carbons (Fsp3) is 0.167. The molecule has 0 fully saturated rings. The summed E-state index contributed by atoms with van der Waals surface area (Å²) in [4.78, 5) is 30.9. The lowest BCUT2D eigenvalue weighted by Crippen LogP contribution is -2.29. The highest BCUT2D eigenvalue weighted by Gasteiger charge is 2.23. The minimum Gasteiger partial charge on any atom is -0.497 e. The molecule has 41 heavy (non-hydrogen) atoms. The third-order valence-corrected chi connectivity index (χ3v) is 7.83. The van der Waals surface area contributed by atoms with Crippen LogP contribution in [0.5, 0.6) is 5.75 Å². The number of hydrogen-bond acceptors (Lipinski definition) is 8. The fourth-order valence-electron chi connectivity index (χ4n) is 4.08. The van der Waals surface area contributed by atoms with E-state index in [1.165, 1.54) is 42.5 Å². The largest absolute Gasteiger partial charge is 0.497 e. The van der Waals surface area contributed by atoms with E-state index in [2.05, 4.69) is 23.5 Å². The SMILES string of the molecule is C=CCN(CC=C)C(=O)C=Cc1cc(C)c(NCc2cccnc2S(=O)(=O)c2ccc(OC)cc2)c(C(=O)NO)c1. The molecular formula is C30H32N4O6S. The molecule has 3 rings (SSSR count). The number of nitrogens with zero attached hydrogens (tertiary/aromatic N) is 2. The zero-order valence-corrected chi connectivity index (χ0v) is 23.6. The molecule has 0 aliphatic carbocycles. The third kappa shape index (κ3) is 7.47. The van der Waals surface area contributed by atoms with Crippen LogP contribution in [0.2, 0.25) is 0 Å². The zero-order chi connectivity index (χ0) is 30.0. The van der Waals surface area contributed by atoms with E-state index < -0.39 is 15.7 Å². The van der Waals surface area contributed by atoms with Crippen LogP contribution in [-0.4, -0.2) is 55.5 Å². The van der Waals surface area contributed by atoms with Gasteiger partial charge in [0, 0.05) is 37.5 Å². The molecule has 1 heterocycles. The van der Waals surface area contributed by atoms with Crippen LogP contribution in [0.4, 0.5) is 5.69 Å². The topological polar surface area (TPSA) is 138 Å². The smallest absolute Gasteiger partial charge is 0.276 e. The minimum absolute atomic E-state index is 0.0108. The molecule has 0 radical (unpaired) electrons. The number of benzene rings is 2. The maximum absolute atomic E-state index is 13.4. The molecule has 3 aromatic rings. The van der Waals surface area contributed by atoms with Gasteiger partial charge < -0.3 is 15.0 Å². The number of hydroxylamine groups is 1. The van der Waals surface area contributed by atoms with Crippen molar-refractivity contribution in [2.75, 3.05) is 25.5 Å². The Kier molecular flexibility index (Phi) is 10.6. The summed E-state index contributed by atoms with van der Waals surface area (Å²) in [5, 5.41) is 12.4. The second kappa shape index (κ2) is 14.1. The van der Waals surface area contributed by atoms with E-state index in [9.17, 15) is 23.2 Å². The first-order valence-electron chi connectivity index (χ1n) is 12.5. The quantitative estimate of drug-likeness (QED) is 0.119. The molecule has 0 saturated carbocycles. The molecule has 0 bridgehead atoms. The Morgan fingerprint density at radius 1 is 1.10 bits per heavy atom. The molecule has 0 aliphatic heterocycles. The molecule has 2 amide bonds. The van der Waals surface area contributed by atoms with Crippen LogP contribution in [0.15, 0.2) is 96.0 Å². The Labute approximate surface area is 239 Å². The zero-order valence-electron chi connectivity index (χ0n) is 22.8. The Morgan fingerprint density at radius 2 is 1.78 bits per heavy atom. The molecule has 0 atom stereocenters. The number of carbonyl (C=O) groups excluding carboxylic acids is 2. The first-order valence-corrected chi connectivity index (χ1v) is 14.0. The van der Waals surface area contributed by atoms with E-state index in [0.717, 1.165) is 0 Å². The van der Waals surface area contributed by atoms with E-state index in [-0.39, 0.29) is 27.9 Å². The van der Waals surface area contributed by atoms with Crippen molar-refractivity contribution in [3.63, 3.8) is 0 Å². The molecule has 214 valence electrons. The minimum atomic E-state index is -3.96. The van der Waals surface area contributed by atoms with Crippen LogP contribution in [0.3, 0.4) is 0 Å². The van der Waals surface area contributed by atoms with Crippen LogP contribution in [0, 0.1) is 6.92 Å². The van der Waals surface area contributed by atoms with Crippen LogP contribution in [-0.2, 0) is 21.2 Å². The Morgan fingerprint density at radius 3 is 2.39 bits per heavy atom. The summed E-state index contributed by atoms with van der Waals surface area (Å²) in [6.07, 6.45) is 7.55. The molecule has 10 nitrogen and oxygen atoms in total. The highest BCUT2D eigenvalue weighted by Crippen LogP contribution is 2.28. The number of aryl methyl sites for hydroxylation is 1. The monoisotopic (exact) mass is 576 g/mol. The van der Waals surface area contributed by atoms with E-state index in [0.29, 0.717) is 41.2 Å². The van der Waals surface area contributed by atoms with Gasteiger partial charge in [-0.2, -0.15) is 0 Å². The normalized spacial score (nSPS) is 11.1. The summed E-state index contributed by atoms with van der Waals surface area (Å²) < 4.78 is 31.9. The van der Waals surface area contributed by atoms with Crippen LogP contribution in [0.1, 0.15) is 27.0 Å². The maximum Gasteiger partial charge on any atom is 0.276 e. The lowest BCUT2D eigenvalue weighted by molar-refractivity contribution is -0.125. The number of pyridine rings is 1. The third-order valence-electron chi connectivity index (χ3n) is 6.06. The van der Waals surface area contributed by atoms with Crippen LogP contribution >= 0.6 is 0 Å². The second-order valence-electron chi connectivity index (χ2n) is 8.86. The summed E-state index contributed by atoms with van der Waals surface area (Å²) in [5.41, 5.74) is 3.64. The number of ether oxygens (including phenoxy) is 1. The van der Waals surface area contributed by atoms with Crippen molar-refractivity contribution in [2.45, 2.75) is 23.4 Å². The van der Waals surface area contributed by atoms with Gasteiger partial charge in [-0.15, -0.1) is 13.2 Å². The van der Waals surface area contributed by atoms with Gasteiger partial charge in [-0.05, 0) is 66.6 Å². The van der Waals surface area contributed by atoms with Crippen molar-refractivity contribution >= 4 is 33.4 Å². The molecule has 11 heteroatoms. The molecule has 0 saturated heterocycles. The summed E-state index contributed by atoms with van der Waals surface area (Å²) in [6.45, 7) is 9.76. The fourth-order valence-corrected chi connectivity index (χ4v) is 5.48. The predicted octanol–water partition coefficient (Wildman–Crippen LogP) is 4.18. The van der Waals surface area contributed by atoms with Gasteiger partial charge in [-0.1, -0.05) is 18.2 Å². The lowest BCUT2D eigenvalue weighted by Gasteiger charge is -2.18. The second-order valence-corrected chi connectivity index (χ2v) is 10.7. The van der Waals surface area contributed by atoms with Gasteiger partial charge in [-0.3, -0.25) is 14.8 Å². The number of anilines is 1. The number of hydrogen-bond donors (Lipinski definition) is 3. The Bertz CT molecular complexity index is 1560. The van der Waals surface area contributed by atoms with Crippen molar-refractivity contribution in [2.24, 2.45) is 0 Å². The Hall–Kier alpha value is -4.74. The van der Waals surface area contributed by atoms with Crippen LogP contribution in [0.25, 0.3) is 6.08 Å². The standard InChI is InChI=1S/C30H32N4O6S/c1-5-16-34(17-6-2)27(35)14-9-22-18-21(3)28(26(19-22)29(36)33-37)32-20-23-8-7-15-31-30(23)41(38,39)25-12-10-24(40-4)11-13-25/h5-15,18-19,32,37H,1-2,16-17,20H2,3-4H3,(H,33,36). The van der Waals surface area contributed by atoms with E-state index in [1.54, 1.807) is 61.0 Å². The van der Waals surface area contributed by atoms with Crippen molar-refractivity contribution < 1.29 is 28.0 Å². The van der Waals surface area contributed by atoms with Crippen LogP contribution < -0.4 is 15.5 Å². The summed E-state index contributed by atoms with van der Waals surface area (Å²) in [5.74, 6) is -0.528. The van der Waals surface area contributed by atoms with Gasteiger partial charge >= 0.3 is 0 Å². The number of sulfone groups is 1. The number of rotatable bonds is 13. The number of methoxy groups -OCH3 is 1. The van der Waals surface area contributed by atoms with E-state index >= 15 is 0 Å². The number of carbonyl (C=O) groups is 2. The number of amides is 2. The first-order chi connectivity index (χ1) is 19.7. The van der Waals surface area contributed by atoms with Gasteiger partial charge in [0.15, 0.2) is 5.03 Å². The Balaban J connectivity index is 1.92. The number of aromatic nitrogens is 1. The van der Waals surface area contributed by atoms with Gasteiger partial charge in [0.25, 0.3) is 5.91 Å². The average molecular weight is 577 g/mol. The summed E-state index contributed by atoms with van der Waals surface area (Å²) in [6, 6.07) is 12.5. The molecule has 2 aromatic carbocycles. The first kappa shape index (κ1) is 30.8. The molecular weight excluding hydrogens is 544 g/mol. The van der Waals surface area contributed by atoms with Gasteiger partial charge in [-0.25, -0.2) is 18.9 Å². The van der Waals surface area contributed by atoms with Gasteiger partial charge in [0.1, 0.15) is 5.75 Å². The average Bonchev–Trinajstić information content (AvgIpc) is 2.98. The molecule has 3 N–H and O–H groups in total. The molecule has 0 aliphatic rings. The maximum atomic E-state index is 13.4. The predicted molar refractivity (Wildman–Crippen MR) is 156 cm³/mol. The summed E-state index contributed by atoms with van der Waals surface area (Å²) in [7, 11) is -2.47. The molecule has 0 unspecified atom stereocenters.